The Morgan fingerprint density at radius 1 is 1.31 bits per heavy atom. The summed E-state index contributed by atoms with van der Waals surface area (Å²) in [6, 6.07) is 4.89. The van der Waals surface area contributed by atoms with E-state index >= 15 is 0 Å². The molecule has 0 bridgehead atoms. The summed E-state index contributed by atoms with van der Waals surface area (Å²) in [5.74, 6) is 1.54. The van der Waals surface area contributed by atoms with Gasteiger partial charge in [-0.2, -0.15) is 9.36 Å². The van der Waals surface area contributed by atoms with Crippen LogP contribution < -0.4 is 5.32 Å². The van der Waals surface area contributed by atoms with Gasteiger partial charge in [0.15, 0.2) is 0 Å². The lowest BCUT2D eigenvalue weighted by molar-refractivity contribution is 0.182. The fourth-order valence-electron chi connectivity index (χ4n) is 3.44. The first-order chi connectivity index (χ1) is 14.0. The maximum atomic E-state index is 14.6. The van der Waals surface area contributed by atoms with E-state index in [2.05, 4.69) is 24.8 Å². The Hall–Kier alpha value is -2.88. The third kappa shape index (κ3) is 4.58. The number of amides is 2. The van der Waals surface area contributed by atoms with Gasteiger partial charge in [0, 0.05) is 37.1 Å². The molecular weight excluding hydrogens is 395 g/mol. The van der Waals surface area contributed by atoms with E-state index in [-0.39, 0.29) is 11.8 Å². The topological polar surface area (TPSA) is 97.0 Å². The third-order valence-electron chi connectivity index (χ3n) is 4.99. The number of hydrogen-bond acceptors (Lipinski definition) is 7. The molecule has 10 heteroatoms. The summed E-state index contributed by atoms with van der Waals surface area (Å²) in [6.07, 6.45) is 2.30. The summed E-state index contributed by atoms with van der Waals surface area (Å²) in [7, 11) is 0. The lowest BCUT2D eigenvalue weighted by atomic mass is 9.89. The first kappa shape index (κ1) is 19.4. The van der Waals surface area contributed by atoms with Crippen molar-refractivity contribution in [3.05, 3.63) is 41.3 Å². The molecule has 3 aromatic rings. The molecule has 152 valence electrons. The molecule has 0 spiro atoms. The minimum absolute atomic E-state index is 0.162. The number of halogens is 1. The predicted octanol–water partition coefficient (Wildman–Crippen LogP) is 3.83. The van der Waals surface area contributed by atoms with E-state index in [0.29, 0.717) is 59.2 Å². The molecule has 1 aliphatic heterocycles. The van der Waals surface area contributed by atoms with Crippen LogP contribution in [0.5, 0.6) is 0 Å². The van der Waals surface area contributed by atoms with Crippen molar-refractivity contribution in [3.8, 4) is 11.4 Å². The van der Waals surface area contributed by atoms with Gasteiger partial charge < -0.3 is 9.42 Å². The smallest absolute Gasteiger partial charge is 0.323 e. The molecule has 1 fully saturated rings. The number of hydrogen-bond donors (Lipinski definition) is 1. The third-order valence-corrected chi connectivity index (χ3v) is 5.71. The fraction of sp³-hybridized carbons (Fsp3) is 0.421. The van der Waals surface area contributed by atoms with Crippen molar-refractivity contribution in [3.63, 3.8) is 0 Å². The number of piperidine rings is 1. The number of nitrogens with zero attached hydrogens (tertiary/aromatic N) is 5. The van der Waals surface area contributed by atoms with Crippen LogP contribution in [0.4, 0.5) is 14.3 Å². The number of rotatable bonds is 4. The maximum Gasteiger partial charge on any atom is 0.323 e. The standard InChI is InChI=1S/C19H21FN6O2S/c1-11-21-18(29-25-11)23-19(27)26-7-5-13(6-8-26)9-14-3-4-15(10-16(14)20)17-22-12(2)28-24-17/h3-4,10,13H,5-9H2,1-2H3,(H,21,23,25,27). The molecule has 1 aromatic carbocycles. The van der Waals surface area contributed by atoms with Crippen molar-refractivity contribution >= 4 is 22.7 Å². The molecule has 0 unspecified atom stereocenters. The molecule has 29 heavy (non-hydrogen) atoms. The van der Waals surface area contributed by atoms with E-state index in [1.807, 2.05) is 6.07 Å². The van der Waals surface area contributed by atoms with Crippen LogP contribution in [0.3, 0.4) is 0 Å². The second kappa shape index (κ2) is 8.24. The van der Waals surface area contributed by atoms with Crippen LogP contribution in [0.15, 0.2) is 22.7 Å². The van der Waals surface area contributed by atoms with Crippen molar-refractivity contribution in [2.45, 2.75) is 33.1 Å². The number of benzene rings is 1. The lowest BCUT2D eigenvalue weighted by Gasteiger charge is -2.31. The Bertz CT molecular complexity index is 1010. The molecule has 1 aliphatic rings. The first-order valence-corrected chi connectivity index (χ1v) is 10.2. The Labute approximate surface area is 171 Å². The highest BCUT2D eigenvalue weighted by Crippen LogP contribution is 2.26. The second-order valence-corrected chi connectivity index (χ2v) is 7.91. The van der Waals surface area contributed by atoms with E-state index in [9.17, 15) is 9.18 Å². The lowest BCUT2D eigenvalue weighted by Crippen LogP contribution is -2.41. The van der Waals surface area contributed by atoms with Crippen LogP contribution >= 0.6 is 11.5 Å². The number of aryl methyl sites for hydroxylation is 2. The van der Waals surface area contributed by atoms with Crippen molar-refractivity contribution in [1.82, 2.24) is 24.4 Å². The largest absolute Gasteiger partial charge is 0.339 e. The van der Waals surface area contributed by atoms with Gasteiger partial charge in [0.2, 0.25) is 16.8 Å². The summed E-state index contributed by atoms with van der Waals surface area (Å²) in [4.78, 5) is 22.4. The van der Waals surface area contributed by atoms with Crippen LogP contribution in [0.25, 0.3) is 11.4 Å². The van der Waals surface area contributed by atoms with E-state index in [0.717, 1.165) is 12.8 Å². The molecule has 4 rings (SSSR count). The fourth-order valence-corrected chi connectivity index (χ4v) is 4.00. The molecule has 8 nitrogen and oxygen atoms in total. The summed E-state index contributed by atoms with van der Waals surface area (Å²) in [5.41, 5.74) is 1.27. The van der Waals surface area contributed by atoms with Gasteiger partial charge in [-0.3, -0.25) is 5.32 Å². The number of aromatic nitrogens is 4. The average Bonchev–Trinajstić information content (AvgIpc) is 3.32. The zero-order valence-corrected chi connectivity index (χ0v) is 17.0. The summed E-state index contributed by atoms with van der Waals surface area (Å²) in [5, 5.41) is 7.11. The van der Waals surface area contributed by atoms with E-state index in [1.54, 1.807) is 24.8 Å². The number of carbonyl (C=O) groups is 1. The second-order valence-electron chi connectivity index (χ2n) is 7.15. The quantitative estimate of drug-likeness (QED) is 0.694. The summed E-state index contributed by atoms with van der Waals surface area (Å²) < 4.78 is 23.6. The highest BCUT2D eigenvalue weighted by molar-refractivity contribution is 7.09. The SMILES string of the molecule is Cc1nsc(NC(=O)N2CCC(Cc3ccc(-c4noc(C)n4)cc3F)CC2)n1. The molecule has 2 aromatic heterocycles. The van der Waals surface area contributed by atoms with Gasteiger partial charge in [-0.05, 0) is 43.7 Å². The molecule has 0 atom stereocenters. The van der Waals surface area contributed by atoms with Gasteiger partial charge >= 0.3 is 6.03 Å². The van der Waals surface area contributed by atoms with Gasteiger partial charge in [-0.25, -0.2) is 14.2 Å². The summed E-state index contributed by atoms with van der Waals surface area (Å²) >= 11 is 1.17. The highest BCUT2D eigenvalue weighted by Gasteiger charge is 2.24. The molecule has 1 saturated heterocycles. The average molecular weight is 416 g/mol. The minimum Gasteiger partial charge on any atom is -0.339 e. The van der Waals surface area contributed by atoms with Crippen molar-refractivity contribution in [2.75, 3.05) is 18.4 Å². The van der Waals surface area contributed by atoms with Crippen LogP contribution in [-0.2, 0) is 6.42 Å². The van der Waals surface area contributed by atoms with Gasteiger partial charge in [-0.15, -0.1) is 0 Å². The highest BCUT2D eigenvalue weighted by atomic mass is 32.1. The molecule has 3 heterocycles. The summed E-state index contributed by atoms with van der Waals surface area (Å²) in [6.45, 7) is 4.75. The van der Waals surface area contributed by atoms with Crippen LogP contribution in [0.2, 0.25) is 0 Å². The van der Waals surface area contributed by atoms with Gasteiger partial charge in [0.1, 0.15) is 11.6 Å². The predicted molar refractivity (Wildman–Crippen MR) is 106 cm³/mol. The molecule has 0 aliphatic carbocycles. The normalized spacial score (nSPS) is 14.9. The van der Waals surface area contributed by atoms with Gasteiger partial charge in [0.25, 0.3) is 0 Å². The van der Waals surface area contributed by atoms with Crippen molar-refractivity contribution in [2.24, 2.45) is 5.92 Å². The van der Waals surface area contributed by atoms with Gasteiger partial charge in [0.05, 0.1) is 0 Å². The molecular formula is C19H21FN6O2S. The Morgan fingerprint density at radius 2 is 2.10 bits per heavy atom. The van der Waals surface area contributed by atoms with Crippen LogP contribution in [0.1, 0.15) is 30.1 Å². The molecule has 2 amide bonds. The zero-order chi connectivity index (χ0) is 20.4. The van der Waals surface area contributed by atoms with Crippen LogP contribution in [0, 0.1) is 25.6 Å². The first-order valence-electron chi connectivity index (χ1n) is 9.43. The molecule has 0 saturated carbocycles. The maximum absolute atomic E-state index is 14.6. The van der Waals surface area contributed by atoms with Crippen molar-refractivity contribution in [1.29, 1.82) is 0 Å². The van der Waals surface area contributed by atoms with Crippen molar-refractivity contribution < 1.29 is 13.7 Å². The Morgan fingerprint density at radius 3 is 2.72 bits per heavy atom. The minimum atomic E-state index is -0.267. The van der Waals surface area contributed by atoms with Crippen LogP contribution in [-0.4, -0.2) is 43.5 Å². The number of nitrogens with one attached hydrogen (secondary N) is 1. The van der Waals surface area contributed by atoms with Gasteiger partial charge in [-0.1, -0.05) is 17.3 Å². The molecule has 1 N–H and O–H groups in total. The number of anilines is 1. The van der Waals surface area contributed by atoms with E-state index in [4.69, 9.17) is 4.52 Å². The monoisotopic (exact) mass is 416 g/mol. The number of likely N-dealkylation sites (tertiary alicyclic amines) is 1. The molecule has 0 radical (unpaired) electrons. The van der Waals surface area contributed by atoms with E-state index in [1.165, 1.54) is 17.6 Å². The number of urea groups is 1. The Kier molecular flexibility index (Phi) is 5.52. The Balaban J connectivity index is 1.32. The van der Waals surface area contributed by atoms with E-state index < -0.39 is 0 Å². The zero-order valence-electron chi connectivity index (χ0n) is 16.2. The number of carbonyl (C=O) groups excluding carboxylic acids is 1.